The Kier molecular flexibility index (Phi) is 3.10. The summed E-state index contributed by atoms with van der Waals surface area (Å²) < 4.78 is 60.2. The normalized spacial score (nSPS) is 11.5. The number of rotatable bonds is 2. The lowest BCUT2D eigenvalue weighted by Gasteiger charge is -2.02. The van der Waals surface area contributed by atoms with Crippen LogP contribution in [-0.2, 0) is 9.05 Å². The summed E-state index contributed by atoms with van der Waals surface area (Å²) in [6.07, 6.45) is 0. The smallest absolute Gasteiger partial charge is 0.258 e. The van der Waals surface area contributed by atoms with E-state index in [1.165, 1.54) is 0 Å². The summed E-state index contributed by atoms with van der Waals surface area (Å²) in [4.78, 5) is 6.93. The van der Waals surface area contributed by atoms with Crippen molar-refractivity contribution in [1.82, 2.24) is 0 Å². The minimum absolute atomic E-state index is 0.128. The molecule has 10 heteroatoms. The van der Waals surface area contributed by atoms with Crippen molar-refractivity contribution < 1.29 is 26.5 Å². The lowest BCUT2D eigenvalue weighted by molar-refractivity contribution is -0.390. The van der Waals surface area contributed by atoms with Gasteiger partial charge in [0, 0.05) is 16.7 Å². The van der Waals surface area contributed by atoms with Crippen LogP contribution < -0.4 is 0 Å². The topological polar surface area (TPSA) is 77.3 Å². The molecule has 16 heavy (non-hydrogen) atoms. The second kappa shape index (κ2) is 3.91. The van der Waals surface area contributed by atoms with Crippen molar-refractivity contribution in [2.24, 2.45) is 0 Å². The van der Waals surface area contributed by atoms with Crippen LogP contribution in [0.3, 0.4) is 0 Å². The van der Waals surface area contributed by atoms with Gasteiger partial charge in [0.05, 0.1) is 4.92 Å². The molecule has 0 atom stereocenters. The molecule has 1 aromatic rings. The van der Waals surface area contributed by atoms with E-state index in [1.807, 2.05) is 0 Å². The second-order valence-electron chi connectivity index (χ2n) is 2.53. The molecule has 0 spiro atoms. The van der Waals surface area contributed by atoms with E-state index < -0.39 is 42.0 Å². The quantitative estimate of drug-likeness (QED) is 0.469. The molecule has 0 radical (unpaired) electrons. The van der Waals surface area contributed by atoms with E-state index in [0.717, 1.165) is 0 Å². The van der Waals surface area contributed by atoms with Crippen molar-refractivity contribution in [3.63, 3.8) is 0 Å². The van der Waals surface area contributed by atoms with Crippen LogP contribution in [0.2, 0.25) is 0 Å². The van der Waals surface area contributed by atoms with Gasteiger partial charge in [-0.3, -0.25) is 10.1 Å². The Hall–Kier alpha value is -1.35. The van der Waals surface area contributed by atoms with Crippen molar-refractivity contribution in [3.8, 4) is 0 Å². The number of hydrogen-bond donors (Lipinski definition) is 0. The van der Waals surface area contributed by atoms with Crippen LogP contribution in [0, 0.1) is 27.6 Å². The zero-order valence-corrected chi connectivity index (χ0v) is 8.65. The summed E-state index contributed by atoms with van der Waals surface area (Å²) in [5, 5.41) is 10.2. The molecule has 0 saturated heterocycles. The van der Waals surface area contributed by atoms with E-state index in [9.17, 15) is 31.7 Å². The van der Waals surface area contributed by atoms with Crippen LogP contribution in [0.5, 0.6) is 0 Å². The summed E-state index contributed by atoms with van der Waals surface area (Å²) in [6.45, 7) is 0. The van der Waals surface area contributed by atoms with Crippen LogP contribution in [0.1, 0.15) is 0 Å². The number of halogens is 4. The molecular weight excluding hydrogens is 275 g/mol. The maximum Gasteiger partial charge on any atom is 0.341 e. The largest absolute Gasteiger partial charge is 0.341 e. The standard InChI is InChI=1S/C6HClF3NO4S/c7-16(14,15)6-3(9)1-2(8)5(4(6)10)11(12)13/h1H. The predicted molar refractivity (Wildman–Crippen MR) is 46.0 cm³/mol. The van der Waals surface area contributed by atoms with Gasteiger partial charge in [-0.05, 0) is 0 Å². The van der Waals surface area contributed by atoms with Crippen molar-refractivity contribution in [2.75, 3.05) is 0 Å². The summed E-state index contributed by atoms with van der Waals surface area (Å²) in [6, 6.07) is -0.128. The molecule has 0 heterocycles. The average molecular weight is 276 g/mol. The molecule has 88 valence electrons. The maximum absolute atomic E-state index is 13.2. The lowest BCUT2D eigenvalue weighted by atomic mass is 10.3. The van der Waals surface area contributed by atoms with Crippen molar-refractivity contribution in [3.05, 3.63) is 33.6 Å². The molecule has 5 nitrogen and oxygen atoms in total. The SMILES string of the molecule is O=[N+]([O-])c1c(F)cc(F)c(S(=O)(=O)Cl)c1F. The monoisotopic (exact) mass is 275 g/mol. The van der Waals surface area contributed by atoms with Crippen molar-refractivity contribution in [1.29, 1.82) is 0 Å². The van der Waals surface area contributed by atoms with Crippen molar-refractivity contribution >= 4 is 25.4 Å². The fourth-order valence-electron chi connectivity index (χ4n) is 0.953. The molecule has 0 saturated carbocycles. The van der Waals surface area contributed by atoms with Crippen LogP contribution in [0.25, 0.3) is 0 Å². The first kappa shape index (κ1) is 12.7. The third-order valence-electron chi connectivity index (χ3n) is 1.53. The highest BCUT2D eigenvalue weighted by Gasteiger charge is 2.33. The summed E-state index contributed by atoms with van der Waals surface area (Å²) >= 11 is 0. The first-order valence-corrected chi connectivity index (χ1v) is 5.73. The Morgan fingerprint density at radius 1 is 1.25 bits per heavy atom. The predicted octanol–water partition coefficient (Wildman–Crippen LogP) is 1.94. The number of nitrogens with zero attached hydrogens (tertiary/aromatic N) is 1. The van der Waals surface area contributed by atoms with Gasteiger partial charge in [0.1, 0.15) is 5.82 Å². The Morgan fingerprint density at radius 3 is 2.12 bits per heavy atom. The van der Waals surface area contributed by atoms with E-state index in [0.29, 0.717) is 0 Å². The fraction of sp³-hybridized carbons (Fsp3) is 0. The molecule has 0 bridgehead atoms. The molecule has 0 aromatic heterocycles. The molecule has 1 rings (SSSR count). The molecule has 0 amide bonds. The summed E-state index contributed by atoms with van der Waals surface area (Å²) in [7, 11) is -0.241. The lowest BCUT2D eigenvalue weighted by Crippen LogP contribution is -2.06. The van der Waals surface area contributed by atoms with E-state index in [2.05, 4.69) is 10.7 Å². The van der Waals surface area contributed by atoms with E-state index >= 15 is 0 Å². The van der Waals surface area contributed by atoms with Crippen LogP contribution >= 0.6 is 10.7 Å². The van der Waals surface area contributed by atoms with Gasteiger partial charge >= 0.3 is 5.69 Å². The third-order valence-corrected chi connectivity index (χ3v) is 2.85. The number of nitro benzene ring substituents is 1. The molecule has 0 fully saturated rings. The van der Waals surface area contributed by atoms with Gasteiger partial charge in [-0.2, -0.15) is 8.78 Å². The second-order valence-corrected chi connectivity index (χ2v) is 5.03. The zero-order chi connectivity index (χ0) is 12.7. The molecule has 0 unspecified atom stereocenters. The van der Waals surface area contributed by atoms with Gasteiger partial charge < -0.3 is 0 Å². The fourth-order valence-corrected chi connectivity index (χ4v) is 1.98. The molecule has 0 aliphatic heterocycles. The highest BCUT2D eigenvalue weighted by atomic mass is 35.7. The highest BCUT2D eigenvalue weighted by Crippen LogP contribution is 2.31. The van der Waals surface area contributed by atoms with Gasteiger partial charge in [-0.15, -0.1) is 0 Å². The minimum Gasteiger partial charge on any atom is -0.258 e. The minimum atomic E-state index is -4.89. The van der Waals surface area contributed by atoms with Gasteiger partial charge in [0.25, 0.3) is 9.05 Å². The van der Waals surface area contributed by atoms with E-state index in [4.69, 9.17) is 0 Å². The Morgan fingerprint density at radius 2 is 1.75 bits per heavy atom. The van der Waals surface area contributed by atoms with Crippen molar-refractivity contribution in [2.45, 2.75) is 4.90 Å². The van der Waals surface area contributed by atoms with E-state index in [1.54, 1.807) is 0 Å². The van der Waals surface area contributed by atoms with Gasteiger partial charge in [0.15, 0.2) is 4.90 Å². The molecule has 0 aliphatic carbocycles. The highest BCUT2D eigenvalue weighted by molar-refractivity contribution is 8.13. The van der Waals surface area contributed by atoms with Crippen LogP contribution in [-0.4, -0.2) is 13.3 Å². The van der Waals surface area contributed by atoms with Gasteiger partial charge in [-0.25, -0.2) is 12.8 Å². The number of hydrogen-bond acceptors (Lipinski definition) is 4. The Bertz CT molecular complexity index is 574. The average Bonchev–Trinajstić information content (AvgIpc) is 1.97. The summed E-state index contributed by atoms with van der Waals surface area (Å²) in [5.74, 6) is -5.84. The summed E-state index contributed by atoms with van der Waals surface area (Å²) in [5.41, 5.74) is -1.78. The molecule has 0 N–H and O–H groups in total. The molecular formula is C6HClF3NO4S. The third kappa shape index (κ3) is 2.09. The Labute approximate surface area is 91.0 Å². The zero-order valence-electron chi connectivity index (χ0n) is 7.08. The van der Waals surface area contributed by atoms with Crippen LogP contribution in [0.4, 0.5) is 18.9 Å². The van der Waals surface area contributed by atoms with Gasteiger partial charge in [-0.1, -0.05) is 0 Å². The number of nitro groups is 1. The Balaban J connectivity index is 3.79. The first-order chi connectivity index (χ1) is 7.16. The molecule has 1 aromatic carbocycles. The molecule has 0 aliphatic rings. The van der Waals surface area contributed by atoms with E-state index in [-0.39, 0.29) is 6.07 Å². The number of benzene rings is 1. The van der Waals surface area contributed by atoms with Gasteiger partial charge in [0.2, 0.25) is 11.6 Å². The maximum atomic E-state index is 13.2. The van der Waals surface area contributed by atoms with Crippen LogP contribution in [0.15, 0.2) is 11.0 Å². The first-order valence-electron chi connectivity index (χ1n) is 3.42.